The molecule has 1 aliphatic heterocycles. The normalized spacial score (nSPS) is 15.2. The maximum absolute atomic E-state index is 13.8. The molecule has 1 unspecified atom stereocenters. The molecule has 2 aromatic heterocycles. The average molecular weight is 622 g/mol. The van der Waals surface area contributed by atoms with Crippen molar-refractivity contribution < 1.29 is 23.5 Å². The third kappa shape index (κ3) is 5.37. The molecule has 0 aliphatic carbocycles. The highest BCUT2D eigenvalue weighted by molar-refractivity contribution is 9.10. The molecule has 0 bridgehead atoms. The van der Waals surface area contributed by atoms with Crippen molar-refractivity contribution in [2.75, 3.05) is 7.11 Å². The molecule has 8 nitrogen and oxygen atoms in total. The molecule has 1 atom stereocenters. The van der Waals surface area contributed by atoms with Crippen molar-refractivity contribution in [1.29, 1.82) is 0 Å². The molecule has 204 valence electrons. The molecule has 0 radical (unpaired) electrons. The topological polar surface area (TPSA) is 100 Å². The molecule has 0 spiro atoms. The molecule has 40 heavy (non-hydrogen) atoms. The largest absolute Gasteiger partial charge is 0.465 e. The number of halogens is 1. The fraction of sp³-hybridized carbons (Fsp3) is 0.200. The van der Waals surface area contributed by atoms with E-state index in [1.165, 1.54) is 23.0 Å². The standard InChI is InChI=1S/C30H25BrN2O6S/c1-16(2)38-29(36)25-17(3)32-30-33(26(25)19-5-7-20(8-6-19)28(35)37-4)27(34)24(40-30)15-22-13-14-23(39-22)18-9-11-21(31)12-10-18/h5-16,26H,1-4H3. The number of ether oxygens (including phenoxy) is 2. The fourth-order valence-corrected chi connectivity index (χ4v) is 5.71. The van der Waals surface area contributed by atoms with E-state index in [1.54, 1.807) is 57.2 Å². The number of rotatable bonds is 6. The molecular weight excluding hydrogens is 596 g/mol. The second kappa shape index (κ2) is 11.2. The zero-order valence-corrected chi connectivity index (χ0v) is 24.5. The third-order valence-electron chi connectivity index (χ3n) is 6.26. The molecule has 0 saturated carbocycles. The first kappa shape index (κ1) is 27.5. The zero-order valence-electron chi connectivity index (χ0n) is 22.1. The van der Waals surface area contributed by atoms with Crippen molar-refractivity contribution >= 4 is 45.3 Å². The van der Waals surface area contributed by atoms with E-state index in [1.807, 2.05) is 30.3 Å². The smallest absolute Gasteiger partial charge is 0.338 e. The lowest BCUT2D eigenvalue weighted by Gasteiger charge is -2.25. The second-order valence-electron chi connectivity index (χ2n) is 9.36. The van der Waals surface area contributed by atoms with Crippen LogP contribution in [0.3, 0.4) is 0 Å². The summed E-state index contributed by atoms with van der Waals surface area (Å²) in [6.07, 6.45) is 1.31. The highest BCUT2D eigenvalue weighted by Gasteiger charge is 2.34. The summed E-state index contributed by atoms with van der Waals surface area (Å²) in [6.45, 7) is 5.24. The number of thiazole rings is 1. The van der Waals surface area contributed by atoms with Crippen LogP contribution in [-0.2, 0) is 14.3 Å². The summed E-state index contributed by atoms with van der Waals surface area (Å²) >= 11 is 4.64. The summed E-state index contributed by atoms with van der Waals surface area (Å²) in [5.74, 6) is 0.141. The van der Waals surface area contributed by atoms with Gasteiger partial charge in [-0.1, -0.05) is 51.5 Å². The molecule has 2 aromatic carbocycles. The van der Waals surface area contributed by atoms with Crippen molar-refractivity contribution in [3.05, 3.63) is 113 Å². The van der Waals surface area contributed by atoms with Crippen LogP contribution >= 0.6 is 27.3 Å². The molecular formula is C30H25BrN2O6S. The number of allylic oxidation sites excluding steroid dienone is 1. The maximum atomic E-state index is 13.8. The van der Waals surface area contributed by atoms with Gasteiger partial charge in [0, 0.05) is 16.1 Å². The van der Waals surface area contributed by atoms with E-state index >= 15 is 0 Å². The second-order valence-corrected chi connectivity index (χ2v) is 11.3. The molecule has 10 heteroatoms. The van der Waals surface area contributed by atoms with Crippen LogP contribution in [0, 0.1) is 0 Å². The molecule has 0 fully saturated rings. The Bertz CT molecular complexity index is 1810. The van der Waals surface area contributed by atoms with Gasteiger partial charge in [-0.2, -0.15) is 0 Å². The Morgan fingerprint density at radius 3 is 2.40 bits per heavy atom. The van der Waals surface area contributed by atoms with Gasteiger partial charge < -0.3 is 13.9 Å². The minimum Gasteiger partial charge on any atom is -0.465 e. The predicted octanol–water partition coefficient (Wildman–Crippen LogP) is 5.00. The van der Waals surface area contributed by atoms with Gasteiger partial charge in [-0.15, -0.1) is 0 Å². The van der Waals surface area contributed by atoms with E-state index in [-0.39, 0.29) is 17.2 Å². The van der Waals surface area contributed by atoms with E-state index in [2.05, 4.69) is 20.9 Å². The van der Waals surface area contributed by atoms with Gasteiger partial charge in [-0.25, -0.2) is 14.6 Å². The van der Waals surface area contributed by atoms with Crippen molar-refractivity contribution in [1.82, 2.24) is 4.57 Å². The number of methoxy groups -OCH3 is 1. The van der Waals surface area contributed by atoms with Crippen LogP contribution in [0.2, 0.25) is 0 Å². The lowest BCUT2D eigenvalue weighted by molar-refractivity contribution is -0.143. The van der Waals surface area contributed by atoms with Gasteiger partial charge in [0.1, 0.15) is 11.5 Å². The van der Waals surface area contributed by atoms with Crippen LogP contribution in [0.15, 0.2) is 90.6 Å². The molecule has 0 amide bonds. The van der Waals surface area contributed by atoms with Crippen LogP contribution in [0.25, 0.3) is 17.4 Å². The monoisotopic (exact) mass is 620 g/mol. The quantitative estimate of drug-likeness (QED) is 0.281. The Labute approximate surface area is 242 Å². The van der Waals surface area contributed by atoms with Gasteiger partial charge in [-0.3, -0.25) is 9.36 Å². The van der Waals surface area contributed by atoms with E-state index in [9.17, 15) is 14.4 Å². The Morgan fingerprint density at radius 2 is 1.75 bits per heavy atom. The number of aromatic nitrogens is 1. The van der Waals surface area contributed by atoms with Crippen molar-refractivity contribution in [3.8, 4) is 11.3 Å². The van der Waals surface area contributed by atoms with Gasteiger partial charge >= 0.3 is 11.9 Å². The first-order valence-corrected chi connectivity index (χ1v) is 14.0. The van der Waals surface area contributed by atoms with Gasteiger partial charge in [0.2, 0.25) is 0 Å². The molecule has 4 aromatic rings. The van der Waals surface area contributed by atoms with Crippen LogP contribution < -0.4 is 14.9 Å². The first-order valence-electron chi connectivity index (χ1n) is 12.4. The van der Waals surface area contributed by atoms with Gasteiger partial charge in [0.05, 0.1) is 40.6 Å². The number of esters is 2. The maximum Gasteiger partial charge on any atom is 0.338 e. The highest BCUT2D eigenvalue weighted by Crippen LogP contribution is 2.31. The summed E-state index contributed by atoms with van der Waals surface area (Å²) in [5.41, 5.74) is 2.27. The highest BCUT2D eigenvalue weighted by atomic mass is 79.9. The SMILES string of the molecule is COC(=O)c1ccc(C2C(C(=O)OC(C)C)=C(C)N=c3sc(=Cc4ccc(-c5ccc(Br)cc5)o4)c(=O)n32)cc1. The van der Waals surface area contributed by atoms with Crippen molar-refractivity contribution in [2.45, 2.75) is 32.9 Å². The Hall–Kier alpha value is -4.02. The van der Waals surface area contributed by atoms with E-state index in [0.29, 0.717) is 37.7 Å². The Balaban J connectivity index is 1.62. The number of benzene rings is 2. The number of carbonyl (C=O) groups excluding carboxylic acids is 2. The number of furan rings is 1. The van der Waals surface area contributed by atoms with E-state index in [4.69, 9.17) is 13.9 Å². The number of nitrogens with zero attached hydrogens (tertiary/aromatic N) is 2. The third-order valence-corrected chi connectivity index (χ3v) is 7.77. The van der Waals surface area contributed by atoms with E-state index < -0.39 is 18.0 Å². The van der Waals surface area contributed by atoms with Crippen LogP contribution in [-0.4, -0.2) is 29.7 Å². The zero-order chi connectivity index (χ0) is 28.6. The predicted molar refractivity (Wildman–Crippen MR) is 155 cm³/mol. The summed E-state index contributed by atoms with van der Waals surface area (Å²) in [4.78, 5) is 44.1. The first-order chi connectivity index (χ1) is 19.2. The van der Waals surface area contributed by atoms with Gasteiger partial charge in [-0.05, 0) is 62.7 Å². The van der Waals surface area contributed by atoms with Crippen LogP contribution in [0.1, 0.15) is 48.5 Å². The van der Waals surface area contributed by atoms with E-state index in [0.717, 1.165) is 10.0 Å². The molecule has 5 rings (SSSR count). The van der Waals surface area contributed by atoms with Gasteiger partial charge in [0.15, 0.2) is 4.80 Å². The van der Waals surface area contributed by atoms with Crippen LogP contribution in [0.4, 0.5) is 0 Å². The van der Waals surface area contributed by atoms with Crippen LogP contribution in [0.5, 0.6) is 0 Å². The summed E-state index contributed by atoms with van der Waals surface area (Å²) in [7, 11) is 1.31. The number of hydrogen-bond acceptors (Lipinski definition) is 8. The van der Waals surface area contributed by atoms with Crippen molar-refractivity contribution in [2.24, 2.45) is 4.99 Å². The molecule has 1 aliphatic rings. The molecule has 0 N–H and O–H groups in total. The minimum absolute atomic E-state index is 0.258. The molecule has 0 saturated heterocycles. The average Bonchev–Trinajstić information content (AvgIpc) is 3.51. The Morgan fingerprint density at radius 1 is 1.05 bits per heavy atom. The fourth-order valence-electron chi connectivity index (χ4n) is 4.42. The number of hydrogen-bond donors (Lipinski definition) is 0. The number of carbonyl (C=O) groups is 2. The lowest BCUT2D eigenvalue weighted by atomic mass is 9.95. The Kier molecular flexibility index (Phi) is 7.73. The minimum atomic E-state index is -0.800. The van der Waals surface area contributed by atoms with Gasteiger partial charge in [0.25, 0.3) is 5.56 Å². The number of fused-ring (bicyclic) bond motifs is 1. The van der Waals surface area contributed by atoms with Crippen molar-refractivity contribution in [3.63, 3.8) is 0 Å². The summed E-state index contributed by atoms with van der Waals surface area (Å²) in [5, 5.41) is 0. The lowest BCUT2D eigenvalue weighted by Crippen LogP contribution is -2.40. The molecule has 3 heterocycles. The summed E-state index contributed by atoms with van der Waals surface area (Å²) < 4.78 is 19.2. The summed E-state index contributed by atoms with van der Waals surface area (Å²) in [6, 6.07) is 17.2.